The number of carbonyl (C=O) groups is 2. The molecular formula is C19H21ClN2O2. The average Bonchev–Trinajstić information content (AvgIpc) is 2.51. The van der Waals surface area contributed by atoms with Crippen LogP contribution in [-0.4, -0.2) is 11.8 Å². The molecule has 0 radical (unpaired) electrons. The molecule has 4 nitrogen and oxygen atoms in total. The van der Waals surface area contributed by atoms with Gasteiger partial charge in [0.25, 0.3) is 0 Å². The SMILES string of the molecule is Cc1cc(C)c(NC(=O)C(=O)Nc2ccc(C(C)C)cc2)c(Cl)c1. The predicted octanol–water partition coefficient (Wildman–Crippen LogP) is 4.66. The van der Waals surface area contributed by atoms with Gasteiger partial charge >= 0.3 is 11.8 Å². The molecule has 0 unspecified atom stereocenters. The van der Waals surface area contributed by atoms with E-state index in [9.17, 15) is 9.59 Å². The number of hydrogen-bond acceptors (Lipinski definition) is 2. The molecule has 0 aliphatic rings. The van der Waals surface area contributed by atoms with Crippen molar-refractivity contribution in [2.24, 2.45) is 0 Å². The van der Waals surface area contributed by atoms with Crippen LogP contribution in [0.2, 0.25) is 5.02 Å². The number of hydrogen-bond donors (Lipinski definition) is 2. The molecule has 2 amide bonds. The van der Waals surface area contributed by atoms with Gasteiger partial charge in [-0.3, -0.25) is 9.59 Å². The van der Waals surface area contributed by atoms with Crippen LogP contribution in [0, 0.1) is 13.8 Å². The van der Waals surface area contributed by atoms with E-state index in [0.29, 0.717) is 22.3 Å². The van der Waals surface area contributed by atoms with Gasteiger partial charge in [0, 0.05) is 5.69 Å². The Morgan fingerprint density at radius 1 is 0.958 bits per heavy atom. The van der Waals surface area contributed by atoms with E-state index in [4.69, 9.17) is 11.6 Å². The average molecular weight is 345 g/mol. The summed E-state index contributed by atoms with van der Waals surface area (Å²) < 4.78 is 0. The van der Waals surface area contributed by atoms with E-state index in [-0.39, 0.29) is 0 Å². The first-order valence-electron chi connectivity index (χ1n) is 7.77. The Bertz CT molecular complexity index is 744. The van der Waals surface area contributed by atoms with Crippen molar-refractivity contribution in [1.82, 2.24) is 0 Å². The number of rotatable bonds is 3. The van der Waals surface area contributed by atoms with Crippen molar-refractivity contribution < 1.29 is 9.59 Å². The lowest BCUT2D eigenvalue weighted by Gasteiger charge is -2.12. The Morgan fingerprint density at radius 3 is 2.08 bits per heavy atom. The Hall–Kier alpha value is -2.33. The van der Waals surface area contributed by atoms with Crippen LogP contribution in [0.25, 0.3) is 0 Å². The van der Waals surface area contributed by atoms with Gasteiger partial charge in [0.1, 0.15) is 0 Å². The van der Waals surface area contributed by atoms with Crippen LogP contribution in [-0.2, 0) is 9.59 Å². The Morgan fingerprint density at radius 2 is 1.54 bits per heavy atom. The van der Waals surface area contributed by atoms with Crippen molar-refractivity contribution in [2.75, 3.05) is 10.6 Å². The van der Waals surface area contributed by atoms with E-state index >= 15 is 0 Å². The lowest BCUT2D eigenvalue weighted by atomic mass is 10.0. The van der Waals surface area contributed by atoms with Crippen molar-refractivity contribution >= 4 is 34.8 Å². The fourth-order valence-corrected chi connectivity index (χ4v) is 2.75. The molecule has 0 saturated carbocycles. The molecule has 0 aromatic heterocycles. The molecule has 0 saturated heterocycles. The van der Waals surface area contributed by atoms with E-state index in [0.717, 1.165) is 11.1 Å². The highest BCUT2D eigenvalue weighted by molar-refractivity contribution is 6.45. The second kappa shape index (κ2) is 7.49. The largest absolute Gasteiger partial charge is 0.318 e. The van der Waals surface area contributed by atoms with Gasteiger partial charge in [0.15, 0.2) is 0 Å². The molecule has 5 heteroatoms. The maximum atomic E-state index is 12.1. The van der Waals surface area contributed by atoms with Gasteiger partial charge in [0.05, 0.1) is 10.7 Å². The quantitative estimate of drug-likeness (QED) is 0.796. The van der Waals surface area contributed by atoms with Gasteiger partial charge in [-0.25, -0.2) is 0 Å². The van der Waals surface area contributed by atoms with Crippen LogP contribution < -0.4 is 10.6 Å². The lowest BCUT2D eigenvalue weighted by Crippen LogP contribution is -2.29. The van der Waals surface area contributed by atoms with Crippen molar-refractivity contribution in [2.45, 2.75) is 33.6 Å². The first kappa shape index (κ1) is 18.0. The number of anilines is 2. The van der Waals surface area contributed by atoms with E-state index < -0.39 is 11.8 Å². The summed E-state index contributed by atoms with van der Waals surface area (Å²) in [5.74, 6) is -1.08. The minimum atomic E-state index is -0.753. The molecule has 2 aromatic rings. The highest BCUT2D eigenvalue weighted by Crippen LogP contribution is 2.27. The molecule has 0 spiro atoms. The molecule has 0 aliphatic carbocycles. The molecule has 0 heterocycles. The summed E-state index contributed by atoms with van der Waals surface area (Å²) in [4.78, 5) is 24.2. The van der Waals surface area contributed by atoms with Gasteiger partial charge in [-0.15, -0.1) is 0 Å². The summed E-state index contributed by atoms with van der Waals surface area (Å²) >= 11 is 6.14. The molecule has 2 N–H and O–H groups in total. The fourth-order valence-electron chi connectivity index (χ4n) is 2.38. The maximum absolute atomic E-state index is 12.1. The molecule has 24 heavy (non-hydrogen) atoms. The molecule has 126 valence electrons. The van der Waals surface area contributed by atoms with Crippen LogP contribution in [0.5, 0.6) is 0 Å². The van der Waals surface area contributed by atoms with E-state index in [1.807, 2.05) is 32.0 Å². The zero-order valence-electron chi connectivity index (χ0n) is 14.2. The third-order valence-corrected chi connectivity index (χ3v) is 4.01. The fraction of sp³-hybridized carbons (Fsp3) is 0.263. The zero-order valence-corrected chi connectivity index (χ0v) is 15.0. The highest BCUT2D eigenvalue weighted by atomic mass is 35.5. The summed E-state index contributed by atoms with van der Waals surface area (Å²) in [5.41, 5.74) is 4.00. The van der Waals surface area contributed by atoms with Gasteiger partial charge < -0.3 is 10.6 Å². The number of amides is 2. The standard InChI is InChI=1S/C19H21ClN2O2/c1-11(2)14-5-7-15(8-6-14)21-18(23)19(24)22-17-13(4)9-12(3)10-16(17)20/h5-11H,1-4H3,(H,21,23)(H,22,24). The summed E-state index contributed by atoms with van der Waals surface area (Å²) in [7, 11) is 0. The molecule has 0 fully saturated rings. The third kappa shape index (κ3) is 4.36. The van der Waals surface area contributed by atoms with E-state index in [2.05, 4.69) is 24.5 Å². The number of halogens is 1. The zero-order chi connectivity index (χ0) is 17.9. The van der Waals surface area contributed by atoms with Gasteiger partial charge in [-0.2, -0.15) is 0 Å². The molecule has 2 aromatic carbocycles. The smallest absolute Gasteiger partial charge is 0.314 e. The molecule has 0 aliphatic heterocycles. The first-order chi connectivity index (χ1) is 11.3. The second-order valence-electron chi connectivity index (χ2n) is 6.12. The summed E-state index contributed by atoms with van der Waals surface area (Å²) in [6, 6.07) is 11.1. The highest BCUT2D eigenvalue weighted by Gasteiger charge is 2.17. The molecular weight excluding hydrogens is 324 g/mol. The van der Waals surface area contributed by atoms with Crippen molar-refractivity contribution in [1.29, 1.82) is 0 Å². The van der Waals surface area contributed by atoms with Gasteiger partial charge in [-0.05, 0) is 54.7 Å². The Labute approximate surface area is 147 Å². The lowest BCUT2D eigenvalue weighted by molar-refractivity contribution is -0.133. The summed E-state index contributed by atoms with van der Waals surface area (Å²) in [5, 5.41) is 5.57. The number of nitrogens with one attached hydrogen (secondary N) is 2. The van der Waals surface area contributed by atoms with Crippen molar-refractivity contribution in [3.8, 4) is 0 Å². The van der Waals surface area contributed by atoms with Crippen LogP contribution >= 0.6 is 11.6 Å². The van der Waals surface area contributed by atoms with Crippen LogP contribution in [0.1, 0.15) is 36.5 Å². The van der Waals surface area contributed by atoms with E-state index in [1.165, 1.54) is 5.56 Å². The topological polar surface area (TPSA) is 58.2 Å². The van der Waals surface area contributed by atoms with Crippen molar-refractivity contribution in [3.63, 3.8) is 0 Å². The summed E-state index contributed by atoms with van der Waals surface area (Å²) in [6.45, 7) is 7.93. The summed E-state index contributed by atoms with van der Waals surface area (Å²) in [6.07, 6.45) is 0. The minimum Gasteiger partial charge on any atom is -0.318 e. The number of benzene rings is 2. The molecule has 0 atom stereocenters. The van der Waals surface area contributed by atoms with Crippen LogP contribution in [0.3, 0.4) is 0 Å². The third-order valence-electron chi connectivity index (χ3n) is 3.71. The predicted molar refractivity (Wildman–Crippen MR) is 98.7 cm³/mol. The Balaban J connectivity index is 2.06. The van der Waals surface area contributed by atoms with Crippen LogP contribution in [0.4, 0.5) is 11.4 Å². The second-order valence-corrected chi connectivity index (χ2v) is 6.53. The van der Waals surface area contributed by atoms with Crippen LogP contribution in [0.15, 0.2) is 36.4 Å². The van der Waals surface area contributed by atoms with E-state index in [1.54, 1.807) is 18.2 Å². The van der Waals surface area contributed by atoms with Gasteiger partial charge in [-0.1, -0.05) is 43.6 Å². The molecule has 0 bridgehead atoms. The van der Waals surface area contributed by atoms with Gasteiger partial charge in [0.2, 0.25) is 0 Å². The first-order valence-corrected chi connectivity index (χ1v) is 8.14. The van der Waals surface area contributed by atoms with Crippen molar-refractivity contribution in [3.05, 3.63) is 58.1 Å². The maximum Gasteiger partial charge on any atom is 0.314 e. The number of aryl methyl sites for hydroxylation is 2. The Kier molecular flexibility index (Phi) is 5.62. The normalized spacial score (nSPS) is 10.6. The number of carbonyl (C=O) groups excluding carboxylic acids is 2. The molecule has 2 rings (SSSR count). The minimum absolute atomic E-state index is 0.407. The monoisotopic (exact) mass is 344 g/mol.